The first kappa shape index (κ1) is 19.8. The summed E-state index contributed by atoms with van der Waals surface area (Å²) in [5, 5.41) is 0. The van der Waals surface area contributed by atoms with Gasteiger partial charge in [-0.2, -0.15) is 0 Å². The van der Waals surface area contributed by atoms with Gasteiger partial charge in [-0.25, -0.2) is 0 Å². The molecule has 0 unspecified atom stereocenters. The molecule has 0 amide bonds. The number of anilines is 2. The lowest BCUT2D eigenvalue weighted by Gasteiger charge is -2.35. The number of aryl methyl sites for hydroxylation is 2. The topological polar surface area (TPSA) is 52.0 Å². The van der Waals surface area contributed by atoms with Crippen molar-refractivity contribution >= 4 is 16.9 Å². The van der Waals surface area contributed by atoms with E-state index in [1.54, 1.807) is 0 Å². The summed E-state index contributed by atoms with van der Waals surface area (Å²) in [6.07, 6.45) is 6.30. The van der Waals surface area contributed by atoms with Crippen LogP contribution < -0.4 is 11.5 Å². The first-order valence-corrected chi connectivity index (χ1v) is 10.3. The normalized spacial score (nSPS) is 14.9. The molecule has 0 radical (unpaired) electrons. The molecule has 2 heteroatoms. The standard InChI is InChI=1S/C28H28N2/c1-5-9-24-22(6-2)23-10-7-8-11-25(23)28(24,20-12-14-26(29)18(3)16-20)21-13-15-27(30)19(4)17-21/h5-17H,2,29-30H2,1,3-4H3/b9-5-. The van der Waals surface area contributed by atoms with E-state index in [2.05, 4.69) is 88.0 Å². The predicted octanol–water partition coefficient (Wildman–Crippen LogP) is 6.33. The molecule has 3 aromatic rings. The summed E-state index contributed by atoms with van der Waals surface area (Å²) in [5.74, 6) is 0. The van der Waals surface area contributed by atoms with E-state index in [1.807, 2.05) is 18.2 Å². The minimum atomic E-state index is -0.469. The van der Waals surface area contributed by atoms with Gasteiger partial charge < -0.3 is 11.5 Å². The Morgan fingerprint density at radius 1 is 0.833 bits per heavy atom. The highest BCUT2D eigenvalue weighted by Crippen LogP contribution is 2.55. The third-order valence-corrected chi connectivity index (χ3v) is 6.26. The van der Waals surface area contributed by atoms with Gasteiger partial charge >= 0.3 is 0 Å². The van der Waals surface area contributed by atoms with Gasteiger partial charge in [-0.3, -0.25) is 0 Å². The van der Waals surface area contributed by atoms with Crippen LogP contribution in [0.4, 0.5) is 11.4 Å². The van der Waals surface area contributed by atoms with Crippen molar-refractivity contribution in [2.24, 2.45) is 0 Å². The fourth-order valence-electron chi connectivity index (χ4n) is 4.75. The average molecular weight is 393 g/mol. The van der Waals surface area contributed by atoms with Crippen LogP contribution in [0.25, 0.3) is 5.57 Å². The lowest BCUT2D eigenvalue weighted by molar-refractivity contribution is 0.759. The molecule has 0 fully saturated rings. The van der Waals surface area contributed by atoms with E-state index in [9.17, 15) is 0 Å². The van der Waals surface area contributed by atoms with E-state index < -0.39 is 5.41 Å². The minimum Gasteiger partial charge on any atom is -0.399 e. The van der Waals surface area contributed by atoms with Gasteiger partial charge in [0.2, 0.25) is 0 Å². The third-order valence-electron chi connectivity index (χ3n) is 6.26. The summed E-state index contributed by atoms with van der Waals surface area (Å²) in [4.78, 5) is 0. The van der Waals surface area contributed by atoms with E-state index in [-0.39, 0.29) is 0 Å². The Labute approximate surface area is 179 Å². The quantitative estimate of drug-likeness (QED) is 0.510. The highest BCUT2D eigenvalue weighted by Gasteiger charge is 2.46. The second kappa shape index (κ2) is 7.38. The van der Waals surface area contributed by atoms with E-state index in [4.69, 9.17) is 11.5 Å². The van der Waals surface area contributed by atoms with Crippen LogP contribution >= 0.6 is 0 Å². The fourth-order valence-corrected chi connectivity index (χ4v) is 4.75. The predicted molar refractivity (Wildman–Crippen MR) is 129 cm³/mol. The number of hydrogen-bond donors (Lipinski definition) is 2. The average Bonchev–Trinajstić information content (AvgIpc) is 3.02. The van der Waals surface area contributed by atoms with Crippen LogP contribution in [-0.2, 0) is 5.41 Å². The van der Waals surface area contributed by atoms with E-state index in [1.165, 1.54) is 27.8 Å². The molecule has 0 aromatic heterocycles. The maximum atomic E-state index is 6.20. The molecule has 4 N–H and O–H groups in total. The molecule has 150 valence electrons. The highest BCUT2D eigenvalue weighted by molar-refractivity contribution is 5.91. The van der Waals surface area contributed by atoms with Gasteiger partial charge in [-0.15, -0.1) is 0 Å². The van der Waals surface area contributed by atoms with Gasteiger partial charge in [0, 0.05) is 11.4 Å². The van der Waals surface area contributed by atoms with Gasteiger partial charge in [-0.1, -0.05) is 73.3 Å². The Kier molecular flexibility index (Phi) is 4.87. The largest absolute Gasteiger partial charge is 0.399 e. The van der Waals surface area contributed by atoms with Crippen molar-refractivity contribution in [1.29, 1.82) is 0 Å². The summed E-state index contributed by atoms with van der Waals surface area (Å²) in [5.41, 5.74) is 22.9. The molecular weight excluding hydrogens is 364 g/mol. The van der Waals surface area contributed by atoms with Gasteiger partial charge in [-0.05, 0) is 77.4 Å². The summed E-state index contributed by atoms with van der Waals surface area (Å²) in [6.45, 7) is 10.3. The van der Waals surface area contributed by atoms with Crippen molar-refractivity contribution in [1.82, 2.24) is 0 Å². The third kappa shape index (κ3) is 2.72. The Morgan fingerprint density at radius 3 is 1.90 bits per heavy atom. The van der Waals surface area contributed by atoms with Crippen LogP contribution in [0.3, 0.4) is 0 Å². The molecule has 2 nitrogen and oxygen atoms in total. The molecule has 30 heavy (non-hydrogen) atoms. The van der Waals surface area contributed by atoms with Gasteiger partial charge in [0.1, 0.15) is 0 Å². The lowest BCUT2D eigenvalue weighted by atomic mass is 9.66. The summed E-state index contributed by atoms with van der Waals surface area (Å²) in [7, 11) is 0. The Bertz CT molecular complexity index is 1160. The summed E-state index contributed by atoms with van der Waals surface area (Å²) >= 11 is 0. The summed E-state index contributed by atoms with van der Waals surface area (Å²) in [6, 6.07) is 21.4. The van der Waals surface area contributed by atoms with Crippen LogP contribution in [0, 0.1) is 13.8 Å². The number of fused-ring (bicyclic) bond motifs is 1. The van der Waals surface area contributed by atoms with Crippen molar-refractivity contribution in [2.45, 2.75) is 26.2 Å². The molecule has 0 aliphatic heterocycles. The van der Waals surface area contributed by atoms with Crippen molar-refractivity contribution in [3.8, 4) is 0 Å². The van der Waals surface area contributed by atoms with Crippen LogP contribution in [0.2, 0.25) is 0 Å². The van der Waals surface area contributed by atoms with Crippen LogP contribution in [-0.4, -0.2) is 0 Å². The smallest absolute Gasteiger partial charge is 0.0713 e. The molecule has 0 atom stereocenters. The summed E-state index contributed by atoms with van der Waals surface area (Å²) < 4.78 is 0. The van der Waals surface area contributed by atoms with E-state index >= 15 is 0 Å². The molecule has 0 saturated carbocycles. The Morgan fingerprint density at radius 2 is 1.40 bits per heavy atom. The number of allylic oxidation sites excluding steroid dienone is 5. The van der Waals surface area contributed by atoms with Crippen molar-refractivity contribution in [3.05, 3.63) is 124 Å². The van der Waals surface area contributed by atoms with Gasteiger partial charge in [0.25, 0.3) is 0 Å². The lowest BCUT2D eigenvalue weighted by Crippen LogP contribution is -2.29. The number of hydrogen-bond acceptors (Lipinski definition) is 2. The fraction of sp³-hybridized carbons (Fsp3) is 0.143. The first-order valence-electron chi connectivity index (χ1n) is 10.3. The van der Waals surface area contributed by atoms with Gasteiger partial charge in [0.05, 0.1) is 5.41 Å². The zero-order chi connectivity index (χ0) is 21.5. The van der Waals surface area contributed by atoms with E-state index in [0.29, 0.717) is 0 Å². The molecule has 0 bridgehead atoms. The zero-order valence-electron chi connectivity index (χ0n) is 17.9. The maximum Gasteiger partial charge on any atom is 0.0713 e. The van der Waals surface area contributed by atoms with Gasteiger partial charge in [0.15, 0.2) is 0 Å². The maximum absolute atomic E-state index is 6.20. The van der Waals surface area contributed by atoms with Crippen LogP contribution in [0.5, 0.6) is 0 Å². The molecule has 0 spiro atoms. The monoisotopic (exact) mass is 392 g/mol. The second-order valence-electron chi connectivity index (χ2n) is 7.97. The molecule has 1 aliphatic rings. The molecule has 1 aliphatic carbocycles. The molecule has 0 saturated heterocycles. The van der Waals surface area contributed by atoms with E-state index in [0.717, 1.165) is 28.1 Å². The van der Waals surface area contributed by atoms with Crippen molar-refractivity contribution < 1.29 is 0 Å². The number of nitrogen functional groups attached to an aromatic ring is 2. The molecule has 4 rings (SSSR count). The molecular formula is C28H28N2. The zero-order valence-corrected chi connectivity index (χ0v) is 17.9. The molecule has 0 heterocycles. The number of rotatable bonds is 4. The van der Waals surface area contributed by atoms with Crippen LogP contribution in [0.15, 0.2) is 91.0 Å². The Balaban J connectivity index is 2.22. The second-order valence-corrected chi connectivity index (χ2v) is 7.97. The van der Waals surface area contributed by atoms with Crippen molar-refractivity contribution in [3.63, 3.8) is 0 Å². The molecule has 3 aromatic carbocycles. The van der Waals surface area contributed by atoms with Crippen molar-refractivity contribution in [2.75, 3.05) is 11.5 Å². The highest BCUT2D eigenvalue weighted by atomic mass is 14.6. The van der Waals surface area contributed by atoms with Crippen LogP contribution in [0.1, 0.15) is 40.3 Å². The number of benzene rings is 3. The SMILES string of the molecule is C=CC1=C(/C=C\C)C(c2ccc(N)c(C)c2)(c2ccc(N)c(C)c2)c2ccccc21. The first-order chi connectivity index (χ1) is 14.4. The minimum absolute atomic E-state index is 0.469. The Hall–Kier alpha value is -3.52. The number of nitrogens with two attached hydrogens (primary N) is 2.